The quantitative estimate of drug-likeness (QED) is 0.688. The zero-order chi connectivity index (χ0) is 11.6. The van der Waals surface area contributed by atoms with Crippen LogP contribution in [0.4, 0.5) is 0 Å². The molecular formula is C14H27NS. The number of hydrogen-bond acceptors (Lipinski definition) is 2. The van der Waals surface area contributed by atoms with E-state index >= 15 is 0 Å². The highest BCUT2D eigenvalue weighted by Crippen LogP contribution is 2.55. The minimum atomic E-state index is 0.417. The van der Waals surface area contributed by atoms with Crippen LogP contribution in [-0.4, -0.2) is 17.5 Å². The van der Waals surface area contributed by atoms with E-state index in [2.05, 4.69) is 25.6 Å². The number of hydrogen-bond donors (Lipinski definition) is 1. The maximum Gasteiger partial charge on any atom is 0.00673 e. The molecule has 1 atom stereocenters. The lowest BCUT2D eigenvalue weighted by molar-refractivity contribution is 0.0291. The lowest BCUT2D eigenvalue weighted by Gasteiger charge is -2.51. The first kappa shape index (κ1) is 12.8. The van der Waals surface area contributed by atoms with E-state index in [0.717, 1.165) is 11.8 Å². The highest BCUT2D eigenvalue weighted by atomic mass is 32.2. The summed E-state index contributed by atoms with van der Waals surface area (Å²) in [6.45, 7) is 4.50. The summed E-state index contributed by atoms with van der Waals surface area (Å²) in [5.41, 5.74) is 6.76. The first-order valence-electron chi connectivity index (χ1n) is 6.99. The van der Waals surface area contributed by atoms with Gasteiger partial charge in [-0.3, -0.25) is 0 Å². The Balaban J connectivity index is 1.72. The normalized spacial score (nSPS) is 35.8. The molecule has 1 unspecified atom stereocenters. The van der Waals surface area contributed by atoms with Crippen molar-refractivity contribution >= 4 is 11.8 Å². The SMILES string of the molecule is CCCSCC1CC(CC2CC2)(C(C)N)C1. The van der Waals surface area contributed by atoms with Crippen LogP contribution < -0.4 is 5.73 Å². The largest absolute Gasteiger partial charge is 0.327 e. The van der Waals surface area contributed by atoms with Gasteiger partial charge in [-0.05, 0) is 61.4 Å². The molecule has 0 aromatic carbocycles. The fourth-order valence-corrected chi connectivity index (χ4v) is 4.25. The highest BCUT2D eigenvalue weighted by Gasteiger charge is 2.48. The molecule has 2 heteroatoms. The van der Waals surface area contributed by atoms with Gasteiger partial charge in [0.25, 0.3) is 0 Å². The van der Waals surface area contributed by atoms with Crippen LogP contribution in [0.25, 0.3) is 0 Å². The first-order valence-corrected chi connectivity index (χ1v) is 8.15. The van der Waals surface area contributed by atoms with E-state index in [1.165, 1.54) is 50.0 Å². The summed E-state index contributed by atoms with van der Waals surface area (Å²) < 4.78 is 0. The molecule has 16 heavy (non-hydrogen) atoms. The van der Waals surface area contributed by atoms with Gasteiger partial charge in [-0.25, -0.2) is 0 Å². The molecule has 2 aliphatic carbocycles. The average Bonchev–Trinajstić information content (AvgIpc) is 2.97. The van der Waals surface area contributed by atoms with Gasteiger partial charge in [0.2, 0.25) is 0 Å². The Bertz CT molecular complexity index is 217. The maximum atomic E-state index is 6.22. The Labute approximate surface area is 105 Å². The van der Waals surface area contributed by atoms with E-state index in [1.807, 2.05) is 0 Å². The third-order valence-electron chi connectivity index (χ3n) is 4.45. The Morgan fingerprint density at radius 2 is 2.00 bits per heavy atom. The molecule has 0 spiro atoms. The van der Waals surface area contributed by atoms with Crippen LogP contribution in [0.15, 0.2) is 0 Å². The second-order valence-electron chi connectivity index (χ2n) is 6.15. The van der Waals surface area contributed by atoms with Crippen LogP contribution in [0.2, 0.25) is 0 Å². The van der Waals surface area contributed by atoms with Crippen molar-refractivity contribution in [1.29, 1.82) is 0 Å². The predicted octanol–water partition coefficient (Wildman–Crippen LogP) is 3.67. The van der Waals surface area contributed by atoms with E-state index in [1.54, 1.807) is 0 Å². The molecule has 0 bridgehead atoms. The highest BCUT2D eigenvalue weighted by molar-refractivity contribution is 7.99. The van der Waals surface area contributed by atoms with Gasteiger partial charge >= 0.3 is 0 Å². The molecule has 0 aliphatic heterocycles. The topological polar surface area (TPSA) is 26.0 Å². The second-order valence-corrected chi connectivity index (χ2v) is 7.30. The van der Waals surface area contributed by atoms with Crippen molar-refractivity contribution < 1.29 is 0 Å². The average molecular weight is 241 g/mol. The Morgan fingerprint density at radius 3 is 2.50 bits per heavy atom. The number of thioether (sulfide) groups is 1. The first-order chi connectivity index (χ1) is 7.66. The van der Waals surface area contributed by atoms with Crippen LogP contribution in [0.1, 0.15) is 52.4 Å². The van der Waals surface area contributed by atoms with Crippen molar-refractivity contribution in [1.82, 2.24) is 0 Å². The Hall–Kier alpha value is 0.310. The van der Waals surface area contributed by atoms with Gasteiger partial charge in [-0.1, -0.05) is 19.8 Å². The summed E-state index contributed by atoms with van der Waals surface area (Å²) in [5, 5.41) is 0. The molecule has 0 amide bonds. The molecule has 2 rings (SSSR count). The molecule has 0 aromatic rings. The predicted molar refractivity (Wildman–Crippen MR) is 73.8 cm³/mol. The fraction of sp³-hybridized carbons (Fsp3) is 1.00. The summed E-state index contributed by atoms with van der Waals surface area (Å²) in [6, 6.07) is 0.417. The molecule has 0 aromatic heterocycles. The fourth-order valence-electron chi connectivity index (χ4n) is 3.22. The molecule has 2 saturated carbocycles. The van der Waals surface area contributed by atoms with Crippen molar-refractivity contribution in [3.8, 4) is 0 Å². The second kappa shape index (κ2) is 5.30. The lowest BCUT2D eigenvalue weighted by Crippen LogP contribution is -2.50. The summed E-state index contributed by atoms with van der Waals surface area (Å²) >= 11 is 2.14. The van der Waals surface area contributed by atoms with Crippen molar-refractivity contribution in [2.75, 3.05) is 11.5 Å². The van der Waals surface area contributed by atoms with Gasteiger partial charge in [0.05, 0.1) is 0 Å². The van der Waals surface area contributed by atoms with Gasteiger partial charge in [-0.2, -0.15) is 11.8 Å². The summed E-state index contributed by atoms with van der Waals surface area (Å²) in [7, 11) is 0. The van der Waals surface area contributed by atoms with Crippen molar-refractivity contribution in [3.63, 3.8) is 0 Å². The van der Waals surface area contributed by atoms with Crippen molar-refractivity contribution in [2.24, 2.45) is 23.0 Å². The minimum Gasteiger partial charge on any atom is -0.327 e. The monoisotopic (exact) mass is 241 g/mol. The van der Waals surface area contributed by atoms with E-state index in [0.29, 0.717) is 11.5 Å². The van der Waals surface area contributed by atoms with Gasteiger partial charge < -0.3 is 5.73 Å². The number of nitrogens with two attached hydrogens (primary N) is 1. The molecular weight excluding hydrogens is 214 g/mol. The lowest BCUT2D eigenvalue weighted by atomic mass is 9.57. The van der Waals surface area contributed by atoms with E-state index in [4.69, 9.17) is 5.73 Å². The summed E-state index contributed by atoms with van der Waals surface area (Å²) in [6.07, 6.45) is 8.53. The van der Waals surface area contributed by atoms with Crippen molar-refractivity contribution in [2.45, 2.75) is 58.4 Å². The zero-order valence-electron chi connectivity index (χ0n) is 10.9. The van der Waals surface area contributed by atoms with Gasteiger partial charge in [-0.15, -0.1) is 0 Å². The molecule has 1 nitrogen and oxygen atoms in total. The Kier molecular flexibility index (Phi) is 4.23. The molecule has 2 fully saturated rings. The van der Waals surface area contributed by atoms with Crippen LogP contribution in [0.3, 0.4) is 0 Å². The summed E-state index contributed by atoms with van der Waals surface area (Å²) in [5.74, 6) is 4.73. The van der Waals surface area contributed by atoms with Gasteiger partial charge in [0.1, 0.15) is 0 Å². The van der Waals surface area contributed by atoms with Gasteiger partial charge in [0.15, 0.2) is 0 Å². The third-order valence-corrected chi connectivity index (χ3v) is 5.85. The van der Waals surface area contributed by atoms with Gasteiger partial charge in [0, 0.05) is 6.04 Å². The molecule has 0 heterocycles. The van der Waals surface area contributed by atoms with Crippen LogP contribution in [-0.2, 0) is 0 Å². The van der Waals surface area contributed by atoms with Crippen LogP contribution >= 0.6 is 11.8 Å². The minimum absolute atomic E-state index is 0.417. The molecule has 0 radical (unpaired) electrons. The third kappa shape index (κ3) is 2.95. The molecule has 2 aliphatic rings. The smallest absolute Gasteiger partial charge is 0.00673 e. The summed E-state index contributed by atoms with van der Waals surface area (Å²) in [4.78, 5) is 0. The van der Waals surface area contributed by atoms with E-state index in [9.17, 15) is 0 Å². The van der Waals surface area contributed by atoms with Crippen LogP contribution in [0.5, 0.6) is 0 Å². The van der Waals surface area contributed by atoms with E-state index < -0.39 is 0 Å². The number of rotatable bonds is 7. The zero-order valence-corrected chi connectivity index (χ0v) is 11.7. The molecule has 0 saturated heterocycles. The maximum absolute atomic E-state index is 6.22. The standard InChI is InChI=1S/C14H27NS/c1-3-6-16-10-13-8-14(9-13,11(2)15)7-12-4-5-12/h11-13H,3-10,15H2,1-2H3. The Morgan fingerprint density at radius 1 is 1.31 bits per heavy atom. The van der Waals surface area contributed by atoms with E-state index in [-0.39, 0.29) is 0 Å². The molecule has 2 N–H and O–H groups in total. The van der Waals surface area contributed by atoms with Crippen LogP contribution in [0, 0.1) is 17.3 Å². The van der Waals surface area contributed by atoms with Crippen molar-refractivity contribution in [3.05, 3.63) is 0 Å². The molecule has 94 valence electrons.